The van der Waals surface area contributed by atoms with E-state index in [9.17, 15) is 0 Å². The van der Waals surface area contributed by atoms with Crippen LogP contribution in [0.15, 0.2) is 0 Å². The lowest BCUT2D eigenvalue weighted by atomic mass is 10.0. The van der Waals surface area contributed by atoms with Gasteiger partial charge in [0.25, 0.3) is 0 Å². The molecule has 0 bridgehead atoms. The molecule has 0 amide bonds. The maximum Gasteiger partial charge on any atom is 0.322 e. The van der Waals surface area contributed by atoms with E-state index in [1.165, 1.54) is 0 Å². The normalized spacial score (nSPS) is 12.8. The Kier molecular flexibility index (Phi) is 6.24. The lowest BCUT2D eigenvalue weighted by molar-refractivity contribution is 0.221. The Morgan fingerprint density at radius 1 is 1.21 bits per heavy atom. The molecular weight excluding hydrogens is 268 g/mol. The SMILES string of the molecule is CC(C)Oc1nc(Cl)nc(NC(CCO)C(C)C)n1. The van der Waals surface area contributed by atoms with E-state index in [-0.39, 0.29) is 30.0 Å². The molecule has 1 aromatic heterocycles. The van der Waals surface area contributed by atoms with Gasteiger partial charge in [0, 0.05) is 12.6 Å². The maximum absolute atomic E-state index is 9.05. The van der Waals surface area contributed by atoms with E-state index in [2.05, 4.69) is 34.1 Å². The lowest BCUT2D eigenvalue weighted by Crippen LogP contribution is -2.28. The Morgan fingerprint density at radius 2 is 1.89 bits per heavy atom. The van der Waals surface area contributed by atoms with Crippen molar-refractivity contribution in [2.24, 2.45) is 5.92 Å². The van der Waals surface area contributed by atoms with Crippen molar-refractivity contribution in [2.45, 2.75) is 46.3 Å². The summed E-state index contributed by atoms with van der Waals surface area (Å²) in [7, 11) is 0. The highest BCUT2D eigenvalue weighted by Gasteiger charge is 2.15. The molecule has 1 heterocycles. The Hall–Kier alpha value is -1.14. The summed E-state index contributed by atoms with van der Waals surface area (Å²) in [6.45, 7) is 7.98. The summed E-state index contributed by atoms with van der Waals surface area (Å²) in [4.78, 5) is 12.1. The number of rotatable bonds is 7. The first-order valence-corrected chi connectivity index (χ1v) is 6.75. The molecule has 0 aliphatic heterocycles. The largest absolute Gasteiger partial charge is 0.461 e. The summed E-state index contributed by atoms with van der Waals surface area (Å²) < 4.78 is 5.40. The quantitative estimate of drug-likeness (QED) is 0.800. The van der Waals surface area contributed by atoms with E-state index >= 15 is 0 Å². The van der Waals surface area contributed by atoms with E-state index in [0.717, 1.165) is 0 Å². The number of anilines is 1. The van der Waals surface area contributed by atoms with Crippen molar-refractivity contribution < 1.29 is 9.84 Å². The molecule has 108 valence electrons. The predicted octanol–water partition coefficient (Wildman–Crippen LogP) is 2.13. The van der Waals surface area contributed by atoms with Gasteiger partial charge in [0.05, 0.1) is 6.10 Å². The zero-order chi connectivity index (χ0) is 14.4. The third kappa shape index (κ3) is 5.57. The standard InChI is InChI=1S/C12H21ClN4O2/c1-7(2)9(5-6-18)14-11-15-10(13)16-12(17-11)19-8(3)4/h7-9,18H,5-6H2,1-4H3,(H,14,15,16,17). The van der Waals surface area contributed by atoms with Crippen molar-refractivity contribution in [3.8, 4) is 6.01 Å². The van der Waals surface area contributed by atoms with E-state index in [4.69, 9.17) is 21.4 Å². The van der Waals surface area contributed by atoms with Crippen molar-refractivity contribution in [2.75, 3.05) is 11.9 Å². The van der Waals surface area contributed by atoms with Gasteiger partial charge in [0.1, 0.15) is 0 Å². The first-order chi connectivity index (χ1) is 8.92. The highest BCUT2D eigenvalue weighted by atomic mass is 35.5. The number of aliphatic hydroxyl groups is 1. The minimum absolute atomic E-state index is 0.0374. The van der Waals surface area contributed by atoms with Gasteiger partial charge in [0.15, 0.2) is 0 Å². The average Bonchev–Trinajstić information content (AvgIpc) is 2.26. The third-order valence-electron chi connectivity index (χ3n) is 2.49. The number of hydrogen-bond acceptors (Lipinski definition) is 6. The number of aliphatic hydroxyl groups excluding tert-OH is 1. The molecule has 1 atom stereocenters. The Morgan fingerprint density at radius 3 is 2.42 bits per heavy atom. The van der Waals surface area contributed by atoms with Gasteiger partial charge >= 0.3 is 6.01 Å². The molecule has 0 aliphatic carbocycles. The van der Waals surface area contributed by atoms with Gasteiger partial charge in [0.2, 0.25) is 11.2 Å². The molecule has 0 spiro atoms. The Labute approximate surface area is 118 Å². The predicted molar refractivity (Wildman–Crippen MR) is 74.6 cm³/mol. The summed E-state index contributed by atoms with van der Waals surface area (Å²) in [6.07, 6.45) is 0.575. The Bertz CT molecular complexity index is 401. The zero-order valence-corrected chi connectivity index (χ0v) is 12.5. The molecular formula is C12H21ClN4O2. The summed E-state index contributed by atoms with van der Waals surface area (Å²) in [5.74, 6) is 0.694. The fourth-order valence-corrected chi connectivity index (χ4v) is 1.69. The maximum atomic E-state index is 9.05. The van der Waals surface area contributed by atoms with Gasteiger partial charge in [-0.25, -0.2) is 0 Å². The van der Waals surface area contributed by atoms with Crippen LogP contribution in [0.2, 0.25) is 5.28 Å². The van der Waals surface area contributed by atoms with Crippen molar-refractivity contribution in [3.63, 3.8) is 0 Å². The number of nitrogens with one attached hydrogen (secondary N) is 1. The van der Waals surface area contributed by atoms with Crippen LogP contribution in [0.5, 0.6) is 6.01 Å². The number of ether oxygens (including phenoxy) is 1. The van der Waals surface area contributed by atoms with Crippen LogP contribution in [0.3, 0.4) is 0 Å². The molecule has 0 aliphatic rings. The van der Waals surface area contributed by atoms with E-state index < -0.39 is 0 Å². The van der Waals surface area contributed by atoms with E-state index in [1.807, 2.05) is 13.8 Å². The van der Waals surface area contributed by atoms with Gasteiger partial charge < -0.3 is 15.2 Å². The second kappa shape index (κ2) is 7.45. The molecule has 19 heavy (non-hydrogen) atoms. The molecule has 1 aromatic rings. The van der Waals surface area contributed by atoms with Crippen molar-refractivity contribution in [3.05, 3.63) is 5.28 Å². The smallest absolute Gasteiger partial charge is 0.322 e. The summed E-state index contributed by atoms with van der Waals surface area (Å²) in [5.41, 5.74) is 0. The van der Waals surface area contributed by atoms with Crippen LogP contribution in [0.4, 0.5) is 5.95 Å². The zero-order valence-electron chi connectivity index (χ0n) is 11.7. The Balaban J connectivity index is 2.84. The number of aromatic nitrogens is 3. The number of halogens is 1. The topological polar surface area (TPSA) is 80.2 Å². The molecule has 7 heteroatoms. The van der Waals surface area contributed by atoms with Gasteiger partial charge in [-0.3, -0.25) is 0 Å². The molecule has 2 N–H and O–H groups in total. The van der Waals surface area contributed by atoms with Crippen LogP contribution < -0.4 is 10.1 Å². The average molecular weight is 289 g/mol. The van der Waals surface area contributed by atoms with Crippen LogP contribution >= 0.6 is 11.6 Å². The number of nitrogens with zero attached hydrogens (tertiary/aromatic N) is 3. The minimum atomic E-state index is -0.0374. The molecule has 0 saturated carbocycles. The van der Waals surface area contributed by atoms with Crippen molar-refractivity contribution in [1.29, 1.82) is 0 Å². The van der Waals surface area contributed by atoms with Crippen LogP contribution in [-0.2, 0) is 0 Å². The summed E-state index contributed by atoms with van der Waals surface area (Å²) in [6, 6.07) is 0.263. The molecule has 6 nitrogen and oxygen atoms in total. The van der Waals surface area contributed by atoms with E-state index in [1.54, 1.807) is 0 Å². The fraction of sp³-hybridized carbons (Fsp3) is 0.750. The van der Waals surface area contributed by atoms with Crippen LogP contribution in [0.25, 0.3) is 0 Å². The highest BCUT2D eigenvalue weighted by molar-refractivity contribution is 6.28. The monoisotopic (exact) mass is 288 g/mol. The fourth-order valence-electron chi connectivity index (χ4n) is 1.54. The van der Waals surface area contributed by atoms with Crippen molar-refractivity contribution >= 4 is 17.5 Å². The summed E-state index contributed by atoms with van der Waals surface area (Å²) in [5, 5.41) is 12.3. The molecule has 0 saturated heterocycles. The first-order valence-electron chi connectivity index (χ1n) is 6.38. The highest BCUT2D eigenvalue weighted by Crippen LogP contribution is 2.16. The minimum Gasteiger partial charge on any atom is -0.461 e. The molecule has 0 aromatic carbocycles. The lowest BCUT2D eigenvalue weighted by Gasteiger charge is -2.21. The second-order valence-corrected chi connectivity index (χ2v) is 5.22. The van der Waals surface area contributed by atoms with Gasteiger partial charge in [-0.15, -0.1) is 0 Å². The van der Waals surface area contributed by atoms with Crippen LogP contribution in [0, 0.1) is 5.92 Å². The van der Waals surface area contributed by atoms with E-state index in [0.29, 0.717) is 18.3 Å². The third-order valence-corrected chi connectivity index (χ3v) is 2.66. The summed E-state index contributed by atoms with van der Waals surface area (Å²) >= 11 is 5.84. The molecule has 0 radical (unpaired) electrons. The molecule has 1 rings (SSSR count). The first kappa shape index (κ1) is 15.9. The number of hydrogen-bond donors (Lipinski definition) is 2. The van der Waals surface area contributed by atoms with Crippen LogP contribution in [0.1, 0.15) is 34.1 Å². The van der Waals surface area contributed by atoms with Gasteiger partial charge in [-0.1, -0.05) is 13.8 Å². The van der Waals surface area contributed by atoms with Crippen LogP contribution in [-0.4, -0.2) is 38.8 Å². The van der Waals surface area contributed by atoms with Gasteiger partial charge in [-0.05, 0) is 37.8 Å². The second-order valence-electron chi connectivity index (χ2n) is 4.88. The van der Waals surface area contributed by atoms with Gasteiger partial charge in [-0.2, -0.15) is 15.0 Å². The molecule has 1 unspecified atom stereocenters. The molecule has 0 fully saturated rings. The van der Waals surface area contributed by atoms with Crippen molar-refractivity contribution in [1.82, 2.24) is 15.0 Å².